The molecule has 0 aliphatic heterocycles. The van der Waals surface area contributed by atoms with E-state index in [0.29, 0.717) is 41.0 Å². The van der Waals surface area contributed by atoms with Gasteiger partial charge in [0, 0.05) is 18.5 Å². The van der Waals surface area contributed by atoms with Crippen LogP contribution in [0.3, 0.4) is 0 Å². The van der Waals surface area contributed by atoms with Gasteiger partial charge in [0.2, 0.25) is 0 Å². The zero-order valence-corrected chi connectivity index (χ0v) is 23.1. The van der Waals surface area contributed by atoms with Gasteiger partial charge < -0.3 is 15.5 Å². The highest BCUT2D eigenvalue weighted by atomic mass is 35.5. The fourth-order valence-corrected chi connectivity index (χ4v) is 5.18. The molecule has 14 heteroatoms. The SMILES string of the molecule is Cc1cc(C(=O)Nc2c(Cl)ccc(NS(=O)(=O)c3cc(F)ccc3F)c2F)c2ncnc(NCCN(C)C)c2c1. The van der Waals surface area contributed by atoms with Crippen molar-refractivity contribution in [3.05, 3.63) is 82.4 Å². The van der Waals surface area contributed by atoms with Crippen molar-refractivity contribution in [3.63, 3.8) is 0 Å². The number of aromatic nitrogens is 2. The molecule has 0 atom stereocenters. The predicted molar refractivity (Wildman–Crippen MR) is 148 cm³/mol. The molecule has 210 valence electrons. The molecule has 1 heterocycles. The fourth-order valence-electron chi connectivity index (χ4n) is 3.83. The minimum absolute atomic E-state index is 0.0938. The summed E-state index contributed by atoms with van der Waals surface area (Å²) in [7, 11) is -0.886. The highest BCUT2D eigenvalue weighted by Gasteiger charge is 2.25. The van der Waals surface area contributed by atoms with Crippen LogP contribution in [0.5, 0.6) is 0 Å². The number of carbonyl (C=O) groups excluding carboxylic acids is 1. The number of nitrogens with one attached hydrogen (secondary N) is 3. The maximum atomic E-state index is 15.5. The standard InChI is InChI=1S/C26H24ClF3N6O3S/c1-14-10-16-23(32-13-33-25(16)31-8-9-36(2)3)17(11-14)26(37)34-24-18(27)5-7-20(22(24)30)35-40(38,39)21-12-15(28)4-6-19(21)29/h4-7,10-13,35H,8-9H2,1-3H3,(H,34,37)(H,31,32,33). The number of anilines is 3. The van der Waals surface area contributed by atoms with Crippen LogP contribution in [-0.2, 0) is 10.0 Å². The highest BCUT2D eigenvalue weighted by molar-refractivity contribution is 7.92. The summed E-state index contributed by atoms with van der Waals surface area (Å²) in [6.45, 7) is 3.08. The molecular formula is C26H24ClF3N6O3S. The number of hydrogen-bond donors (Lipinski definition) is 3. The topological polar surface area (TPSA) is 116 Å². The van der Waals surface area contributed by atoms with Crippen molar-refractivity contribution < 1.29 is 26.4 Å². The molecule has 3 N–H and O–H groups in total. The van der Waals surface area contributed by atoms with Gasteiger partial charge in [-0.25, -0.2) is 31.6 Å². The van der Waals surface area contributed by atoms with Gasteiger partial charge in [0.05, 0.1) is 27.5 Å². The molecule has 1 aromatic heterocycles. The summed E-state index contributed by atoms with van der Waals surface area (Å²) in [5, 5.41) is 5.92. The number of nitrogens with zero attached hydrogens (tertiary/aromatic N) is 3. The van der Waals surface area contributed by atoms with Crippen molar-refractivity contribution in [1.82, 2.24) is 14.9 Å². The number of fused-ring (bicyclic) bond motifs is 1. The quantitative estimate of drug-likeness (QED) is 0.249. The molecule has 4 aromatic rings. The molecule has 3 aromatic carbocycles. The molecule has 0 bridgehead atoms. The van der Waals surface area contributed by atoms with Crippen molar-refractivity contribution in [1.29, 1.82) is 0 Å². The third-order valence-corrected chi connectivity index (χ3v) is 7.43. The lowest BCUT2D eigenvalue weighted by Crippen LogP contribution is -2.21. The Morgan fingerprint density at radius 2 is 1.80 bits per heavy atom. The molecule has 0 aliphatic rings. The van der Waals surface area contributed by atoms with E-state index in [1.807, 2.05) is 23.7 Å². The summed E-state index contributed by atoms with van der Waals surface area (Å²) in [6, 6.07) is 7.33. The van der Waals surface area contributed by atoms with Crippen molar-refractivity contribution >= 4 is 55.6 Å². The number of carbonyl (C=O) groups is 1. The number of benzene rings is 3. The molecule has 0 spiro atoms. The summed E-state index contributed by atoms with van der Waals surface area (Å²) in [5.41, 5.74) is -0.0862. The summed E-state index contributed by atoms with van der Waals surface area (Å²) in [6.07, 6.45) is 1.29. The van der Waals surface area contributed by atoms with Crippen LogP contribution in [-0.4, -0.2) is 56.4 Å². The Kier molecular flexibility index (Phi) is 8.47. The molecule has 0 saturated carbocycles. The second-order valence-corrected chi connectivity index (χ2v) is 11.1. The van der Waals surface area contributed by atoms with E-state index in [1.165, 1.54) is 6.33 Å². The van der Waals surface area contributed by atoms with E-state index in [-0.39, 0.29) is 10.6 Å². The van der Waals surface area contributed by atoms with Gasteiger partial charge in [0.25, 0.3) is 15.9 Å². The lowest BCUT2D eigenvalue weighted by atomic mass is 10.1. The molecule has 40 heavy (non-hydrogen) atoms. The first kappa shape index (κ1) is 29.1. The lowest BCUT2D eigenvalue weighted by Gasteiger charge is -2.16. The van der Waals surface area contributed by atoms with E-state index < -0.39 is 49.7 Å². The third-order valence-electron chi connectivity index (χ3n) is 5.74. The first-order valence-electron chi connectivity index (χ1n) is 11.8. The van der Waals surface area contributed by atoms with Crippen LogP contribution in [0.2, 0.25) is 5.02 Å². The summed E-state index contributed by atoms with van der Waals surface area (Å²) >= 11 is 6.14. The van der Waals surface area contributed by atoms with Crippen molar-refractivity contribution in [3.8, 4) is 0 Å². The van der Waals surface area contributed by atoms with Crippen molar-refractivity contribution in [2.24, 2.45) is 0 Å². The number of halogens is 4. The Balaban J connectivity index is 1.67. The normalized spacial score (nSPS) is 11.6. The molecule has 0 radical (unpaired) electrons. The van der Waals surface area contributed by atoms with E-state index in [9.17, 15) is 22.0 Å². The van der Waals surface area contributed by atoms with Gasteiger partial charge in [-0.2, -0.15) is 0 Å². The van der Waals surface area contributed by atoms with Gasteiger partial charge in [-0.3, -0.25) is 9.52 Å². The maximum Gasteiger partial charge on any atom is 0.265 e. The van der Waals surface area contributed by atoms with Gasteiger partial charge >= 0.3 is 0 Å². The number of sulfonamides is 1. The van der Waals surface area contributed by atoms with Gasteiger partial charge in [-0.15, -0.1) is 0 Å². The summed E-state index contributed by atoms with van der Waals surface area (Å²) < 4.78 is 70.3. The fraction of sp³-hybridized carbons (Fsp3) is 0.192. The predicted octanol–water partition coefficient (Wildman–Crippen LogP) is 5.04. The minimum atomic E-state index is -4.74. The third kappa shape index (κ3) is 6.27. The zero-order chi connectivity index (χ0) is 29.2. The van der Waals surface area contributed by atoms with Crippen LogP contribution in [0, 0.1) is 24.4 Å². The summed E-state index contributed by atoms with van der Waals surface area (Å²) in [5.74, 6) is -3.74. The van der Waals surface area contributed by atoms with E-state index in [4.69, 9.17) is 11.6 Å². The smallest absolute Gasteiger partial charge is 0.265 e. The molecule has 0 saturated heterocycles. The van der Waals surface area contributed by atoms with Crippen molar-refractivity contribution in [2.45, 2.75) is 11.8 Å². The molecule has 1 amide bonds. The zero-order valence-electron chi connectivity index (χ0n) is 21.5. The van der Waals surface area contributed by atoms with Crippen LogP contribution in [0.25, 0.3) is 10.9 Å². The second kappa shape index (κ2) is 11.7. The first-order valence-corrected chi connectivity index (χ1v) is 13.6. The van der Waals surface area contributed by atoms with Crippen LogP contribution in [0.4, 0.5) is 30.4 Å². The molecular weight excluding hydrogens is 569 g/mol. The maximum absolute atomic E-state index is 15.5. The Morgan fingerprint density at radius 1 is 1.05 bits per heavy atom. The van der Waals surface area contributed by atoms with Gasteiger partial charge in [0.1, 0.15) is 28.7 Å². The Morgan fingerprint density at radius 3 is 2.52 bits per heavy atom. The molecule has 0 aliphatic carbocycles. The van der Waals surface area contributed by atoms with Crippen LogP contribution >= 0.6 is 11.6 Å². The Labute approximate surface area is 233 Å². The average molecular weight is 593 g/mol. The van der Waals surface area contributed by atoms with Crippen LogP contribution in [0.1, 0.15) is 15.9 Å². The van der Waals surface area contributed by atoms with Crippen molar-refractivity contribution in [2.75, 3.05) is 42.5 Å². The van der Waals surface area contributed by atoms with E-state index in [0.717, 1.165) is 24.7 Å². The number of aryl methyl sites for hydroxylation is 1. The van der Waals surface area contributed by atoms with E-state index >= 15 is 4.39 Å². The number of likely N-dealkylation sites (N-methyl/N-ethyl adjacent to an activating group) is 1. The minimum Gasteiger partial charge on any atom is -0.368 e. The lowest BCUT2D eigenvalue weighted by molar-refractivity contribution is 0.102. The van der Waals surface area contributed by atoms with E-state index in [1.54, 1.807) is 19.1 Å². The monoisotopic (exact) mass is 592 g/mol. The molecule has 0 fully saturated rings. The number of hydrogen-bond acceptors (Lipinski definition) is 7. The second-order valence-electron chi connectivity index (χ2n) is 9.08. The summed E-state index contributed by atoms with van der Waals surface area (Å²) in [4.78, 5) is 22.8. The Bertz CT molecular complexity index is 1720. The van der Waals surface area contributed by atoms with Gasteiger partial charge in [-0.05, 0) is 69.0 Å². The Hall–Kier alpha value is -3.94. The van der Waals surface area contributed by atoms with E-state index in [2.05, 4.69) is 20.6 Å². The van der Waals surface area contributed by atoms with Gasteiger partial charge in [-0.1, -0.05) is 11.6 Å². The number of rotatable bonds is 9. The average Bonchev–Trinajstić information content (AvgIpc) is 2.89. The first-order chi connectivity index (χ1) is 18.9. The number of amides is 1. The molecule has 9 nitrogen and oxygen atoms in total. The molecule has 0 unspecified atom stereocenters. The van der Waals surface area contributed by atoms with Crippen LogP contribution in [0.15, 0.2) is 53.7 Å². The van der Waals surface area contributed by atoms with Crippen LogP contribution < -0.4 is 15.4 Å². The van der Waals surface area contributed by atoms with Gasteiger partial charge in [0.15, 0.2) is 5.82 Å². The molecule has 4 rings (SSSR count). The highest BCUT2D eigenvalue weighted by Crippen LogP contribution is 2.33. The largest absolute Gasteiger partial charge is 0.368 e.